The van der Waals surface area contributed by atoms with Crippen LogP contribution in [0.25, 0.3) is 5.65 Å². The third-order valence-electron chi connectivity index (χ3n) is 3.89. The van der Waals surface area contributed by atoms with Crippen LogP contribution in [0.1, 0.15) is 19.8 Å². The van der Waals surface area contributed by atoms with Gasteiger partial charge in [0.25, 0.3) is 0 Å². The molecule has 1 aliphatic rings. The molecular formula is C17H19N7O. The number of hydrogen-bond acceptors (Lipinski definition) is 6. The van der Waals surface area contributed by atoms with E-state index in [1.165, 1.54) is 6.92 Å². The minimum atomic E-state index is -0.112. The molecule has 1 aliphatic carbocycles. The van der Waals surface area contributed by atoms with E-state index in [0.717, 1.165) is 29.9 Å². The number of nitrogens with two attached hydrogens (primary N) is 1. The summed E-state index contributed by atoms with van der Waals surface area (Å²) in [4.78, 5) is 15.5. The standard InChI is InChI=1S/C17H19N7O/c1-10(25)20-12-3-2-4-13(7-12)22-16-8-14(21-11-5-6-11)17-19-9-15(18)24(17)23-16/h2-4,7-9,11,21H,5-6,18H2,1H3,(H,20,25)(H,22,23). The molecule has 1 aromatic carbocycles. The number of nitrogens with one attached hydrogen (secondary N) is 3. The van der Waals surface area contributed by atoms with Crippen molar-refractivity contribution in [1.29, 1.82) is 0 Å². The number of fused-ring (bicyclic) bond motifs is 1. The van der Waals surface area contributed by atoms with E-state index in [9.17, 15) is 4.79 Å². The van der Waals surface area contributed by atoms with E-state index in [1.807, 2.05) is 30.3 Å². The summed E-state index contributed by atoms with van der Waals surface area (Å²) in [5.74, 6) is 1.00. The molecule has 128 valence electrons. The monoisotopic (exact) mass is 337 g/mol. The molecule has 8 nitrogen and oxygen atoms in total. The van der Waals surface area contributed by atoms with Crippen molar-refractivity contribution < 1.29 is 4.79 Å². The third-order valence-corrected chi connectivity index (χ3v) is 3.89. The van der Waals surface area contributed by atoms with Crippen molar-refractivity contribution in [2.24, 2.45) is 0 Å². The third kappa shape index (κ3) is 3.32. The Kier molecular flexibility index (Phi) is 3.64. The molecule has 2 aromatic heterocycles. The lowest BCUT2D eigenvalue weighted by molar-refractivity contribution is -0.114. The van der Waals surface area contributed by atoms with Gasteiger partial charge in [-0.25, -0.2) is 4.98 Å². The maximum atomic E-state index is 11.2. The molecule has 25 heavy (non-hydrogen) atoms. The van der Waals surface area contributed by atoms with E-state index in [2.05, 4.69) is 26.0 Å². The van der Waals surface area contributed by atoms with Gasteiger partial charge in [0.2, 0.25) is 5.91 Å². The van der Waals surface area contributed by atoms with Crippen LogP contribution in [-0.2, 0) is 4.79 Å². The van der Waals surface area contributed by atoms with Crippen LogP contribution in [0.4, 0.5) is 28.7 Å². The van der Waals surface area contributed by atoms with Gasteiger partial charge in [0.05, 0.1) is 11.9 Å². The second-order valence-electron chi connectivity index (χ2n) is 6.17. The summed E-state index contributed by atoms with van der Waals surface area (Å²) in [6.07, 6.45) is 3.92. The van der Waals surface area contributed by atoms with Crippen LogP contribution in [0, 0.1) is 0 Å². The van der Waals surface area contributed by atoms with Crippen molar-refractivity contribution in [3.63, 3.8) is 0 Å². The lowest BCUT2D eigenvalue weighted by atomic mass is 10.2. The highest BCUT2D eigenvalue weighted by atomic mass is 16.1. The SMILES string of the molecule is CC(=O)Nc1cccc(Nc2cc(NC3CC3)c3ncc(N)n3n2)c1. The summed E-state index contributed by atoms with van der Waals surface area (Å²) >= 11 is 0. The molecule has 0 radical (unpaired) electrons. The number of anilines is 5. The smallest absolute Gasteiger partial charge is 0.221 e. The minimum absolute atomic E-state index is 0.112. The molecule has 4 rings (SSSR count). The van der Waals surface area contributed by atoms with E-state index < -0.39 is 0 Å². The van der Waals surface area contributed by atoms with Gasteiger partial charge in [-0.15, -0.1) is 5.10 Å². The number of aromatic nitrogens is 3. The summed E-state index contributed by atoms with van der Waals surface area (Å²) in [6, 6.07) is 9.85. The van der Waals surface area contributed by atoms with Crippen LogP contribution in [0.2, 0.25) is 0 Å². The van der Waals surface area contributed by atoms with Crippen molar-refractivity contribution in [2.45, 2.75) is 25.8 Å². The summed E-state index contributed by atoms with van der Waals surface area (Å²) in [5, 5.41) is 14.0. The van der Waals surface area contributed by atoms with E-state index in [1.54, 1.807) is 10.7 Å². The fourth-order valence-corrected chi connectivity index (χ4v) is 2.63. The Balaban J connectivity index is 1.66. The van der Waals surface area contributed by atoms with Gasteiger partial charge < -0.3 is 21.7 Å². The van der Waals surface area contributed by atoms with Crippen LogP contribution >= 0.6 is 0 Å². The Morgan fingerprint density at radius 3 is 2.84 bits per heavy atom. The van der Waals surface area contributed by atoms with Gasteiger partial charge in [-0.2, -0.15) is 4.52 Å². The Bertz CT molecular complexity index is 945. The highest BCUT2D eigenvalue weighted by molar-refractivity contribution is 5.89. The maximum Gasteiger partial charge on any atom is 0.221 e. The fourth-order valence-electron chi connectivity index (χ4n) is 2.63. The number of nitrogen functional groups attached to an aromatic ring is 1. The first-order valence-corrected chi connectivity index (χ1v) is 8.14. The number of nitrogens with zero attached hydrogens (tertiary/aromatic N) is 3. The molecule has 2 heterocycles. The van der Waals surface area contributed by atoms with Crippen LogP contribution in [-0.4, -0.2) is 26.5 Å². The minimum Gasteiger partial charge on any atom is -0.382 e. The Morgan fingerprint density at radius 2 is 2.08 bits per heavy atom. The van der Waals surface area contributed by atoms with E-state index in [0.29, 0.717) is 23.3 Å². The quantitative estimate of drug-likeness (QED) is 0.570. The number of imidazole rings is 1. The highest BCUT2D eigenvalue weighted by Crippen LogP contribution is 2.29. The lowest BCUT2D eigenvalue weighted by Gasteiger charge is -2.12. The van der Waals surface area contributed by atoms with Gasteiger partial charge >= 0.3 is 0 Å². The molecule has 8 heteroatoms. The van der Waals surface area contributed by atoms with E-state index in [-0.39, 0.29) is 5.91 Å². The molecule has 0 aliphatic heterocycles. The van der Waals surface area contributed by atoms with Crippen LogP contribution in [0.3, 0.4) is 0 Å². The van der Waals surface area contributed by atoms with Gasteiger partial charge in [0.15, 0.2) is 11.5 Å². The molecule has 5 N–H and O–H groups in total. The molecule has 1 saturated carbocycles. The zero-order valence-corrected chi connectivity index (χ0v) is 13.8. The first kappa shape index (κ1) is 15.3. The first-order chi connectivity index (χ1) is 12.1. The predicted octanol–water partition coefficient (Wildman–Crippen LogP) is 2.59. The van der Waals surface area contributed by atoms with Gasteiger partial charge in [-0.05, 0) is 31.0 Å². The fraction of sp³-hybridized carbons (Fsp3) is 0.235. The Hall–Kier alpha value is -3.29. The Morgan fingerprint density at radius 1 is 1.28 bits per heavy atom. The van der Waals surface area contributed by atoms with Crippen molar-refractivity contribution in [3.05, 3.63) is 36.5 Å². The maximum absolute atomic E-state index is 11.2. The van der Waals surface area contributed by atoms with Crippen LogP contribution in [0.15, 0.2) is 36.5 Å². The first-order valence-electron chi connectivity index (χ1n) is 8.14. The van der Waals surface area contributed by atoms with E-state index in [4.69, 9.17) is 5.73 Å². The molecular weight excluding hydrogens is 318 g/mol. The summed E-state index contributed by atoms with van der Waals surface area (Å²) in [5.41, 5.74) is 9.11. The van der Waals surface area contributed by atoms with E-state index >= 15 is 0 Å². The topological polar surface area (TPSA) is 109 Å². The highest BCUT2D eigenvalue weighted by Gasteiger charge is 2.23. The number of carbonyl (C=O) groups excluding carboxylic acids is 1. The molecule has 3 aromatic rings. The van der Waals surface area contributed by atoms with Gasteiger partial charge in [-0.1, -0.05) is 6.07 Å². The summed E-state index contributed by atoms with van der Waals surface area (Å²) in [6.45, 7) is 1.48. The largest absolute Gasteiger partial charge is 0.382 e. The molecule has 0 atom stereocenters. The van der Waals surface area contributed by atoms with Crippen molar-refractivity contribution in [2.75, 3.05) is 21.7 Å². The Labute approximate surface area is 144 Å². The van der Waals surface area contributed by atoms with Gasteiger partial charge in [0.1, 0.15) is 5.82 Å². The zero-order chi connectivity index (χ0) is 17.4. The van der Waals surface area contributed by atoms with Crippen molar-refractivity contribution in [3.8, 4) is 0 Å². The zero-order valence-electron chi connectivity index (χ0n) is 13.8. The van der Waals surface area contributed by atoms with Crippen LogP contribution in [0.5, 0.6) is 0 Å². The number of amides is 1. The normalized spacial score (nSPS) is 13.6. The summed E-state index contributed by atoms with van der Waals surface area (Å²) < 4.78 is 1.62. The molecule has 0 spiro atoms. The van der Waals surface area contributed by atoms with Crippen molar-refractivity contribution >= 4 is 40.3 Å². The number of benzene rings is 1. The molecule has 0 bridgehead atoms. The number of rotatable bonds is 5. The average molecular weight is 337 g/mol. The molecule has 0 unspecified atom stereocenters. The van der Waals surface area contributed by atoms with Gasteiger partial charge in [-0.3, -0.25) is 4.79 Å². The predicted molar refractivity (Wildman–Crippen MR) is 98.1 cm³/mol. The number of hydrogen-bond donors (Lipinski definition) is 4. The average Bonchev–Trinajstić information content (AvgIpc) is 3.29. The molecule has 1 amide bonds. The van der Waals surface area contributed by atoms with Crippen molar-refractivity contribution in [1.82, 2.24) is 14.6 Å². The molecule has 1 fully saturated rings. The van der Waals surface area contributed by atoms with Crippen LogP contribution < -0.4 is 21.7 Å². The second-order valence-corrected chi connectivity index (χ2v) is 6.17. The van der Waals surface area contributed by atoms with Gasteiger partial charge in [0, 0.05) is 30.4 Å². The second kappa shape index (κ2) is 5.97. The lowest BCUT2D eigenvalue weighted by Crippen LogP contribution is -2.08. The molecule has 0 saturated heterocycles. The summed E-state index contributed by atoms with van der Waals surface area (Å²) in [7, 11) is 0. The number of carbonyl (C=O) groups is 1.